The lowest BCUT2D eigenvalue weighted by atomic mass is 10.1. The van der Waals surface area contributed by atoms with E-state index in [1.807, 2.05) is 6.92 Å². The van der Waals surface area contributed by atoms with Crippen LogP contribution >= 0.6 is 0 Å². The van der Waals surface area contributed by atoms with Gasteiger partial charge in [-0.15, -0.1) is 0 Å². The first-order valence-corrected chi connectivity index (χ1v) is 5.85. The molecule has 1 aliphatic rings. The summed E-state index contributed by atoms with van der Waals surface area (Å²) in [5.74, 6) is -1.57. The van der Waals surface area contributed by atoms with Crippen LogP contribution in [0.1, 0.15) is 32.6 Å². The molecule has 6 heteroatoms. The number of amides is 2. The second kappa shape index (κ2) is 6.22. The van der Waals surface area contributed by atoms with Crippen molar-refractivity contribution in [2.24, 2.45) is 0 Å². The van der Waals surface area contributed by atoms with E-state index in [4.69, 9.17) is 5.11 Å². The van der Waals surface area contributed by atoms with Crippen molar-refractivity contribution >= 4 is 17.8 Å². The number of piperazine rings is 1. The molecule has 1 rings (SSSR count). The zero-order valence-corrected chi connectivity index (χ0v) is 9.94. The number of nitrogens with one attached hydrogen (secondary N) is 1. The van der Waals surface area contributed by atoms with E-state index < -0.39 is 12.0 Å². The molecule has 0 aliphatic carbocycles. The van der Waals surface area contributed by atoms with Gasteiger partial charge in [-0.1, -0.05) is 13.3 Å². The minimum absolute atomic E-state index is 0.132. The van der Waals surface area contributed by atoms with Gasteiger partial charge in [0, 0.05) is 19.5 Å². The predicted molar refractivity (Wildman–Crippen MR) is 60.3 cm³/mol. The van der Waals surface area contributed by atoms with Crippen molar-refractivity contribution in [1.82, 2.24) is 10.2 Å². The van der Waals surface area contributed by atoms with Gasteiger partial charge in [0.2, 0.25) is 11.8 Å². The Morgan fingerprint density at radius 3 is 2.82 bits per heavy atom. The molecule has 1 aliphatic heterocycles. The number of hydrogen-bond donors (Lipinski definition) is 2. The molecule has 0 bridgehead atoms. The maximum Gasteiger partial charge on any atom is 0.305 e. The highest BCUT2D eigenvalue weighted by Gasteiger charge is 2.34. The van der Waals surface area contributed by atoms with Crippen molar-refractivity contribution in [1.29, 1.82) is 0 Å². The van der Waals surface area contributed by atoms with Gasteiger partial charge < -0.3 is 15.3 Å². The van der Waals surface area contributed by atoms with Gasteiger partial charge in [0.1, 0.15) is 6.04 Å². The Morgan fingerprint density at radius 1 is 1.53 bits per heavy atom. The molecule has 6 nitrogen and oxygen atoms in total. The molecular weight excluding hydrogens is 224 g/mol. The zero-order valence-electron chi connectivity index (χ0n) is 9.94. The van der Waals surface area contributed by atoms with Crippen LogP contribution < -0.4 is 5.32 Å². The third kappa shape index (κ3) is 3.72. The second-order valence-corrected chi connectivity index (χ2v) is 4.10. The Labute approximate surface area is 100.0 Å². The Balaban J connectivity index is 2.67. The monoisotopic (exact) mass is 242 g/mol. The quantitative estimate of drug-likeness (QED) is 0.709. The van der Waals surface area contributed by atoms with Crippen molar-refractivity contribution in [3.05, 3.63) is 0 Å². The van der Waals surface area contributed by atoms with E-state index in [2.05, 4.69) is 5.32 Å². The second-order valence-electron chi connectivity index (χ2n) is 4.10. The lowest BCUT2D eigenvalue weighted by Gasteiger charge is -2.34. The number of carboxylic acids is 1. The van der Waals surface area contributed by atoms with Crippen molar-refractivity contribution in [2.75, 3.05) is 13.1 Å². The topological polar surface area (TPSA) is 86.7 Å². The van der Waals surface area contributed by atoms with Gasteiger partial charge in [0.05, 0.1) is 6.42 Å². The van der Waals surface area contributed by atoms with Gasteiger partial charge in [-0.05, 0) is 6.42 Å². The third-order valence-electron chi connectivity index (χ3n) is 2.76. The summed E-state index contributed by atoms with van der Waals surface area (Å²) >= 11 is 0. The molecule has 0 aromatic rings. The molecule has 2 amide bonds. The van der Waals surface area contributed by atoms with Crippen LogP contribution in [-0.2, 0) is 14.4 Å². The van der Waals surface area contributed by atoms with E-state index >= 15 is 0 Å². The fourth-order valence-electron chi connectivity index (χ4n) is 1.85. The maximum atomic E-state index is 11.8. The van der Waals surface area contributed by atoms with Crippen LogP contribution in [0.25, 0.3) is 0 Å². The molecule has 0 spiro atoms. The van der Waals surface area contributed by atoms with Gasteiger partial charge in [0.25, 0.3) is 0 Å². The van der Waals surface area contributed by atoms with Crippen molar-refractivity contribution in [3.63, 3.8) is 0 Å². The summed E-state index contributed by atoms with van der Waals surface area (Å²) in [4.78, 5) is 35.5. The standard InChI is InChI=1S/C11H18N2O4/c1-2-3-4-9(14)13-6-5-12-11(17)8(13)7-10(15)16/h8H,2-7H2,1H3,(H,12,17)(H,15,16). The molecule has 17 heavy (non-hydrogen) atoms. The normalized spacial score (nSPS) is 19.9. The maximum absolute atomic E-state index is 11.8. The van der Waals surface area contributed by atoms with Gasteiger partial charge in [-0.25, -0.2) is 0 Å². The number of rotatable bonds is 5. The van der Waals surface area contributed by atoms with Gasteiger partial charge in [-0.2, -0.15) is 0 Å². The fourth-order valence-corrected chi connectivity index (χ4v) is 1.85. The van der Waals surface area contributed by atoms with Gasteiger partial charge >= 0.3 is 5.97 Å². The fraction of sp³-hybridized carbons (Fsp3) is 0.727. The molecule has 0 radical (unpaired) electrons. The molecule has 0 aromatic carbocycles. The van der Waals surface area contributed by atoms with E-state index in [-0.39, 0.29) is 18.2 Å². The van der Waals surface area contributed by atoms with Crippen LogP contribution in [0.5, 0.6) is 0 Å². The number of hydrogen-bond acceptors (Lipinski definition) is 3. The smallest absolute Gasteiger partial charge is 0.305 e. The average Bonchev–Trinajstić information content (AvgIpc) is 2.28. The Bertz CT molecular complexity index is 317. The van der Waals surface area contributed by atoms with Crippen LogP contribution in [-0.4, -0.2) is 46.9 Å². The van der Waals surface area contributed by atoms with Crippen LogP contribution in [0.3, 0.4) is 0 Å². The highest BCUT2D eigenvalue weighted by atomic mass is 16.4. The first-order chi connectivity index (χ1) is 8.06. The van der Waals surface area contributed by atoms with Crippen LogP contribution in [0.4, 0.5) is 0 Å². The highest BCUT2D eigenvalue weighted by molar-refractivity contribution is 5.91. The Kier molecular flexibility index (Phi) is 4.93. The molecule has 0 aromatic heterocycles. The number of carbonyl (C=O) groups is 3. The number of carboxylic acid groups (broad SMARTS) is 1. The van der Waals surface area contributed by atoms with E-state index in [1.54, 1.807) is 0 Å². The molecule has 96 valence electrons. The first-order valence-electron chi connectivity index (χ1n) is 5.85. The molecule has 1 fully saturated rings. The van der Waals surface area contributed by atoms with E-state index in [0.29, 0.717) is 19.5 Å². The summed E-state index contributed by atoms with van der Waals surface area (Å²) < 4.78 is 0. The average molecular weight is 242 g/mol. The molecule has 1 heterocycles. The number of unbranched alkanes of at least 4 members (excludes halogenated alkanes) is 1. The molecular formula is C11H18N2O4. The minimum atomic E-state index is -1.07. The number of nitrogens with zero attached hydrogens (tertiary/aromatic N) is 1. The summed E-state index contributed by atoms with van der Waals surface area (Å²) in [6, 6.07) is -0.856. The zero-order chi connectivity index (χ0) is 12.8. The number of aliphatic carboxylic acids is 1. The summed E-state index contributed by atoms with van der Waals surface area (Å²) in [5, 5.41) is 11.3. The molecule has 1 atom stereocenters. The molecule has 0 saturated carbocycles. The minimum Gasteiger partial charge on any atom is -0.481 e. The SMILES string of the molecule is CCCCC(=O)N1CCNC(=O)C1CC(=O)O. The summed E-state index contributed by atoms with van der Waals surface area (Å²) in [6.07, 6.45) is 1.70. The van der Waals surface area contributed by atoms with Gasteiger partial charge in [-0.3, -0.25) is 14.4 Å². The molecule has 1 unspecified atom stereocenters. The largest absolute Gasteiger partial charge is 0.481 e. The van der Waals surface area contributed by atoms with Crippen molar-refractivity contribution in [2.45, 2.75) is 38.6 Å². The summed E-state index contributed by atoms with van der Waals surface area (Å²) in [6.45, 7) is 2.77. The highest BCUT2D eigenvalue weighted by Crippen LogP contribution is 2.12. The van der Waals surface area contributed by atoms with Crippen molar-refractivity contribution in [3.8, 4) is 0 Å². The molecule has 2 N–H and O–H groups in total. The summed E-state index contributed by atoms with van der Waals surface area (Å²) in [5.41, 5.74) is 0. The summed E-state index contributed by atoms with van der Waals surface area (Å²) in [7, 11) is 0. The third-order valence-corrected chi connectivity index (χ3v) is 2.76. The Morgan fingerprint density at radius 2 is 2.24 bits per heavy atom. The van der Waals surface area contributed by atoms with Crippen LogP contribution in [0.2, 0.25) is 0 Å². The number of carbonyl (C=O) groups excluding carboxylic acids is 2. The van der Waals surface area contributed by atoms with Gasteiger partial charge in [0.15, 0.2) is 0 Å². The van der Waals surface area contributed by atoms with Crippen LogP contribution in [0.15, 0.2) is 0 Å². The Hall–Kier alpha value is -1.59. The van der Waals surface area contributed by atoms with Crippen molar-refractivity contribution < 1.29 is 19.5 Å². The van der Waals surface area contributed by atoms with E-state index in [9.17, 15) is 14.4 Å². The predicted octanol–water partition coefficient (Wildman–Crippen LogP) is -0.0217. The first kappa shape index (κ1) is 13.5. The van der Waals surface area contributed by atoms with E-state index in [0.717, 1.165) is 12.8 Å². The van der Waals surface area contributed by atoms with Crippen LogP contribution in [0, 0.1) is 0 Å². The lowest BCUT2D eigenvalue weighted by molar-refractivity contribution is -0.148. The van der Waals surface area contributed by atoms with E-state index in [1.165, 1.54) is 4.90 Å². The molecule has 1 saturated heterocycles. The lowest BCUT2D eigenvalue weighted by Crippen LogP contribution is -2.57.